The van der Waals surface area contributed by atoms with Gasteiger partial charge < -0.3 is 21.0 Å². The van der Waals surface area contributed by atoms with Crippen LogP contribution in [0.4, 0.5) is 0 Å². The van der Waals surface area contributed by atoms with Gasteiger partial charge in [-0.05, 0) is 26.9 Å². The van der Waals surface area contributed by atoms with E-state index in [9.17, 15) is 9.90 Å². The molecule has 0 aromatic rings. The van der Waals surface area contributed by atoms with E-state index >= 15 is 0 Å². The van der Waals surface area contributed by atoms with Crippen molar-refractivity contribution in [2.45, 2.75) is 18.4 Å². The van der Waals surface area contributed by atoms with Crippen LogP contribution in [-0.2, 0) is 4.79 Å². The van der Waals surface area contributed by atoms with E-state index in [1.165, 1.54) is 0 Å². The van der Waals surface area contributed by atoms with E-state index < -0.39 is 5.54 Å². The van der Waals surface area contributed by atoms with E-state index in [0.29, 0.717) is 19.4 Å². The van der Waals surface area contributed by atoms with Gasteiger partial charge in [0, 0.05) is 6.54 Å². The van der Waals surface area contributed by atoms with Gasteiger partial charge in [0.1, 0.15) is 6.29 Å². The lowest BCUT2D eigenvalue weighted by molar-refractivity contribution is -0.120. The van der Waals surface area contributed by atoms with Crippen LogP contribution in [0.15, 0.2) is 0 Å². The second-order valence-electron chi connectivity index (χ2n) is 3.72. The molecule has 5 N–H and O–H groups in total. The van der Waals surface area contributed by atoms with Crippen LogP contribution in [0.2, 0.25) is 0 Å². The van der Waals surface area contributed by atoms with E-state index in [-0.39, 0.29) is 12.6 Å². The number of nitrogens with two attached hydrogens (primary N) is 1. The van der Waals surface area contributed by atoms with Crippen molar-refractivity contribution in [2.24, 2.45) is 5.73 Å². The number of guanidine groups is 1. The Labute approximate surface area is 89.9 Å². The highest BCUT2D eigenvalue weighted by molar-refractivity contribution is 5.74. The molecule has 0 rings (SSSR count). The molecule has 0 radical (unpaired) electrons. The first-order valence-electron chi connectivity index (χ1n) is 4.81. The zero-order chi connectivity index (χ0) is 11.9. The molecule has 0 aliphatic carbocycles. The van der Waals surface area contributed by atoms with Crippen LogP contribution in [0.3, 0.4) is 0 Å². The molecule has 0 aliphatic rings. The zero-order valence-electron chi connectivity index (χ0n) is 9.29. The Morgan fingerprint density at radius 2 is 2.27 bits per heavy atom. The van der Waals surface area contributed by atoms with Crippen molar-refractivity contribution < 1.29 is 9.90 Å². The van der Waals surface area contributed by atoms with Crippen LogP contribution in [0.5, 0.6) is 0 Å². The molecule has 0 amide bonds. The molecule has 0 spiro atoms. The Morgan fingerprint density at radius 1 is 1.67 bits per heavy atom. The van der Waals surface area contributed by atoms with Gasteiger partial charge in [0.2, 0.25) is 0 Å². The molecule has 0 saturated heterocycles. The van der Waals surface area contributed by atoms with Gasteiger partial charge in [-0.1, -0.05) is 0 Å². The molecule has 0 fully saturated rings. The summed E-state index contributed by atoms with van der Waals surface area (Å²) in [5.74, 6) is -0.0828. The Balaban J connectivity index is 4.07. The van der Waals surface area contributed by atoms with Crippen molar-refractivity contribution in [3.8, 4) is 0 Å². The summed E-state index contributed by atoms with van der Waals surface area (Å²) in [6, 6.07) is 0. The predicted octanol–water partition coefficient (Wildman–Crippen LogP) is -1.26. The van der Waals surface area contributed by atoms with Gasteiger partial charge in [-0.25, -0.2) is 0 Å². The normalized spacial score (nSPS) is 14.7. The molecule has 0 saturated carbocycles. The summed E-state index contributed by atoms with van der Waals surface area (Å²) in [5.41, 5.74) is 4.29. The third-order valence-corrected chi connectivity index (χ3v) is 2.49. The summed E-state index contributed by atoms with van der Waals surface area (Å²) < 4.78 is 0. The van der Waals surface area contributed by atoms with Crippen LogP contribution < -0.4 is 11.1 Å². The van der Waals surface area contributed by atoms with Gasteiger partial charge in [-0.15, -0.1) is 0 Å². The Morgan fingerprint density at radius 3 is 2.60 bits per heavy atom. The monoisotopic (exact) mass is 216 g/mol. The molecule has 1 unspecified atom stereocenters. The van der Waals surface area contributed by atoms with Gasteiger partial charge >= 0.3 is 0 Å². The van der Waals surface area contributed by atoms with E-state index in [1.807, 2.05) is 0 Å². The Bertz CT molecular complexity index is 220. The van der Waals surface area contributed by atoms with Crippen LogP contribution in [0.25, 0.3) is 0 Å². The third kappa shape index (κ3) is 4.26. The number of hydrogen-bond donors (Lipinski definition) is 4. The summed E-state index contributed by atoms with van der Waals surface area (Å²) in [6.07, 6.45) is 1.96. The average molecular weight is 216 g/mol. The fourth-order valence-electron chi connectivity index (χ4n) is 1.26. The highest BCUT2D eigenvalue weighted by Crippen LogP contribution is 2.15. The standard InChI is InChI=1S/C9H20N4O2/c1-13(2)9(6-14,7-15)4-3-5-12-8(10)11/h6,15H,3-5,7H2,1-2H3,(H4,10,11,12). The summed E-state index contributed by atoms with van der Waals surface area (Å²) in [4.78, 5) is 12.6. The number of rotatable bonds is 7. The number of carbonyl (C=O) groups is 1. The largest absolute Gasteiger partial charge is 0.394 e. The van der Waals surface area contributed by atoms with Crippen LogP contribution in [0, 0.1) is 5.41 Å². The first kappa shape index (κ1) is 13.9. The van der Waals surface area contributed by atoms with Crippen molar-refractivity contribution in [3.63, 3.8) is 0 Å². The van der Waals surface area contributed by atoms with Crippen molar-refractivity contribution in [3.05, 3.63) is 0 Å². The molecule has 0 aromatic heterocycles. The van der Waals surface area contributed by atoms with Crippen molar-refractivity contribution >= 4 is 12.2 Å². The summed E-state index contributed by atoms with van der Waals surface area (Å²) in [7, 11) is 3.51. The highest BCUT2D eigenvalue weighted by atomic mass is 16.3. The fraction of sp³-hybridized carbons (Fsp3) is 0.778. The lowest BCUT2D eigenvalue weighted by Gasteiger charge is -2.33. The van der Waals surface area contributed by atoms with Gasteiger partial charge in [0.15, 0.2) is 5.96 Å². The first-order valence-corrected chi connectivity index (χ1v) is 4.81. The highest BCUT2D eigenvalue weighted by Gasteiger charge is 2.30. The first-order chi connectivity index (χ1) is 6.98. The molecule has 0 heterocycles. The number of hydrogen-bond acceptors (Lipinski definition) is 4. The fourth-order valence-corrected chi connectivity index (χ4v) is 1.26. The second kappa shape index (κ2) is 6.36. The quantitative estimate of drug-likeness (QED) is 0.184. The van der Waals surface area contributed by atoms with Gasteiger partial charge in [-0.3, -0.25) is 10.3 Å². The molecule has 15 heavy (non-hydrogen) atoms. The van der Waals surface area contributed by atoms with Gasteiger partial charge in [-0.2, -0.15) is 0 Å². The number of aliphatic hydroxyl groups excluding tert-OH is 1. The Kier molecular flexibility index (Phi) is 5.88. The van der Waals surface area contributed by atoms with Crippen molar-refractivity contribution in [1.82, 2.24) is 10.2 Å². The number of likely N-dealkylation sites (N-methyl/N-ethyl adjacent to an activating group) is 1. The smallest absolute Gasteiger partial charge is 0.185 e. The minimum atomic E-state index is -0.821. The molecule has 6 heteroatoms. The van der Waals surface area contributed by atoms with Gasteiger partial charge in [0.25, 0.3) is 0 Å². The number of nitrogens with one attached hydrogen (secondary N) is 2. The molecular formula is C9H20N4O2. The van der Waals surface area contributed by atoms with Crippen molar-refractivity contribution in [1.29, 1.82) is 5.41 Å². The second-order valence-corrected chi connectivity index (χ2v) is 3.72. The molecular weight excluding hydrogens is 196 g/mol. The molecule has 1 atom stereocenters. The van der Waals surface area contributed by atoms with Crippen LogP contribution in [-0.4, -0.2) is 55.0 Å². The van der Waals surface area contributed by atoms with E-state index in [2.05, 4.69) is 5.32 Å². The SMILES string of the molecule is CN(C)C(C=O)(CO)CCCNC(=N)N. The maximum Gasteiger partial charge on any atom is 0.185 e. The molecule has 0 aromatic carbocycles. The van der Waals surface area contributed by atoms with Gasteiger partial charge in [0.05, 0.1) is 12.1 Å². The van der Waals surface area contributed by atoms with Crippen LogP contribution >= 0.6 is 0 Å². The maximum atomic E-state index is 10.9. The zero-order valence-corrected chi connectivity index (χ0v) is 9.29. The minimum absolute atomic E-state index is 0.0828. The molecule has 0 bridgehead atoms. The minimum Gasteiger partial charge on any atom is -0.394 e. The summed E-state index contributed by atoms with van der Waals surface area (Å²) >= 11 is 0. The van der Waals surface area contributed by atoms with Crippen LogP contribution in [0.1, 0.15) is 12.8 Å². The van der Waals surface area contributed by atoms with Crippen molar-refractivity contribution in [2.75, 3.05) is 27.2 Å². The Hall–Kier alpha value is -1.14. The number of carbonyl (C=O) groups excluding carboxylic acids is 1. The van der Waals surface area contributed by atoms with E-state index in [4.69, 9.17) is 11.1 Å². The van der Waals surface area contributed by atoms with E-state index in [0.717, 1.165) is 6.29 Å². The maximum absolute atomic E-state index is 10.9. The lowest BCUT2D eigenvalue weighted by atomic mass is 9.95. The topological polar surface area (TPSA) is 102 Å². The third-order valence-electron chi connectivity index (χ3n) is 2.49. The lowest BCUT2D eigenvalue weighted by Crippen LogP contribution is -2.49. The molecule has 6 nitrogen and oxygen atoms in total. The summed E-state index contributed by atoms with van der Waals surface area (Å²) in [6.45, 7) is 0.322. The summed E-state index contributed by atoms with van der Waals surface area (Å²) in [5, 5.41) is 18.8. The number of aliphatic hydroxyl groups is 1. The number of nitrogens with zero attached hydrogens (tertiary/aromatic N) is 1. The molecule has 88 valence electrons. The van der Waals surface area contributed by atoms with E-state index in [1.54, 1.807) is 19.0 Å². The number of aldehydes is 1. The average Bonchev–Trinajstić information content (AvgIpc) is 2.18. The predicted molar refractivity (Wildman–Crippen MR) is 58.7 cm³/mol. The molecule has 0 aliphatic heterocycles.